The summed E-state index contributed by atoms with van der Waals surface area (Å²) in [6, 6.07) is 7.41. The topological polar surface area (TPSA) is 113 Å². The van der Waals surface area contributed by atoms with Crippen molar-refractivity contribution >= 4 is 46.3 Å². The van der Waals surface area contributed by atoms with E-state index >= 15 is 0 Å². The van der Waals surface area contributed by atoms with E-state index in [9.17, 15) is 9.59 Å². The predicted octanol–water partition coefficient (Wildman–Crippen LogP) is 1.81. The van der Waals surface area contributed by atoms with Crippen molar-refractivity contribution in [3.63, 3.8) is 0 Å². The fraction of sp³-hybridized carbons (Fsp3) is 0.150. The number of oxazole rings is 2. The molecule has 5 rings (SSSR count). The zero-order valence-corrected chi connectivity index (χ0v) is 17.3. The van der Waals surface area contributed by atoms with Gasteiger partial charge in [-0.3, -0.25) is 0 Å². The predicted molar refractivity (Wildman–Crippen MR) is 112 cm³/mol. The van der Waals surface area contributed by atoms with Gasteiger partial charge in [0.25, 0.3) is 6.01 Å². The smallest absolute Gasteiger partial charge is 0.362 e. The Bertz CT molecular complexity index is 1410. The van der Waals surface area contributed by atoms with Crippen LogP contribution < -0.4 is 22.3 Å². The Hall–Kier alpha value is -3.37. The lowest BCUT2D eigenvalue weighted by atomic mass is 9.92. The second kappa shape index (κ2) is 7.15. The van der Waals surface area contributed by atoms with E-state index < -0.39 is 17.5 Å². The maximum atomic E-state index is 13.0. The fourth-order valence-corrected chi connectivity index (χ4v) is 4.98. The minimum absolute atomic E-state index is 0.0586. The molecule has 4 aromatic rings. The number of carbonyl (C=O) groups is 1. The van der Waals surface area contributed by atoms with Gasteiger partial charge in [-0.15, -0.1) is 22.7 Å². The third-order valence-corrected chi connectivity index (χ3v) is 6.39. The van der Waals surface area contributed by atoms with Gasteiger partial charge < -0.3 is 19.3 Å². The zero-order chi connectivity index (χ0) is 20.8. The number of esters is 1. The van der Waals surface area contributed by atoms with E-state index in [1.54, 1.807) is 13.0 Å². The van der Waals surface area contributed by atoms with Gasteiger partial charge in [0.2, 0.25) is 11.4 Å². The van der Waals surface area contributed by atoms with E-state index in [1.165, 1.54) is 27.2 Å². The molecule has 5 heterocycles. The van der Waals surface area contributed by atoms with Crippen molar-refractivity contribution in [2.24, 2.45) is 0 Å². The van der Waals surface area contributed by atoms with Gasteiger partial charge in [-0.2, -0.15) is 4.98 Å². The molecule has 4 aromatic heterocycles. The lowest BCUT2D eigenvalue weighted by Gasteiger charge is -2.20. The molecule has 0 bridgehead atoms. The standard InChI is InChI=1S/C20H15N3O5S2/c1-2-26-19(25)14-13(12-6-4-8-30-12)15-17(28-20(21)22-15)23-11(18(24)27-16(14)23)9-10-5-3-7-29-10/h3-9,13H,2H2,1H3,(H2,21,22)/b11-9+/t13-/m1/s1. The van der Waals surface area contributed by atoms with Crippen LogP contribution in [0.1, 0.15) is 28.3 Å². The zero-order valence-electron chi connectivity index (χ0n) is 15.7. The van der Waals surface area contributed by atoms with Crippen LogP contribution in [0.4, 0.5) is 6.01 Å². The van der Waals surface area contributed by atoms with Crippen LogP contribution in [0.25, 0.3) is 17.5 Å². The first-order valence-corrected chi connectivity index (χ1v) is 10.8. The molecule has 0 unspecified atom stereocenters. The summed E-state index contributed by atoms with van der Waals surface area (Å²) in [7, 11) is 0. The lowest BCUT2D eigenvalue weighted by molar-refractivity contribution is -0.136. The van der Waals surface area contributed by atoms with Crippen molar-refractivity contribution in [2.45, 2.75) is 12.8 Å². The average molecular weight is 441 g/mol. The first kappa shape index (κ1) is 18.6. The summed E-state index contributed by atoms with van der Waals surface area (Å²) in [6.45, 7) is 1.89. The molecule has 30 heavy (non-hydrogen) atoms. The number of ether oxygens (including phenoxy) is 1. The largest absolute Gasteiger partial charge is 0.462 e. The van der Waals surface area contributed by atoms with Crippen LogP contribution >= 0.6 is 22.7 Å². The summed E-state index contributed by atoms with van der Waals surface area (Å²) in [5, 5.41) is 3.99. The number of carbonyl (C=O) groups excluding carboxylic acids is 1. The molecule has 0 saturated heterocycles. The molecule has 1 aliphatic heterocycles. The molecule has 10 heteroatoms. The van der Waals surface area contributed by atoms with E-state index in [2.05, 4.69) is 4.98 Å². The van der Waals surface area contributed by atoms with Gasteiger partial charge >= 0.3 is 11.6 Å². The molecule has 0 fully saturated rings. The molecule has 0 saturated carbocycles. The average Bonchev–Trinajstić information content (AvgIpc) is 3.49. The van der Waals surface area contributed by atoms with Crippen LogP contribution in [0.2, 0.25) is 0 Å². The third kappa shape index (κ3) is 2.84. The molecular formula is C20H15N3O5S2. The minimum Gasteiger partial charge on any atom is -0.462 e. The van der Waals surface area contributed by atoms with Gasteiger partial charge in [-0.05, 0) is 35.9 Å². The Morgan fingerprint density at radius 1 is 1.30 bits per heavy atom. The van der Waals surface area contributed by atoms with Crippen molar-refractivity contribution in [1.29, 1.82) is 0 Å². The number of hydrogen-bond donors (Lipinski definition) is 1. The molecule has 0 aromatic carbocycles. The molecule has 1 aliphatic rings. The molecule has 1 atom stereocenters. The molecule has 152 valence electrons. The van der Waals surface area contributed by atoms with E-state index in [0.717, 1.165) is 9.75 Å². The first-order chi connectivity index (χ1) is 14.6. The van der Waals surface area contributed by atoms with Crippen LogP contribution in [-0.4, -0.2) is 22.1 Å². The van der Waals surface area contributed by atoms with Crippen molar-refractivity contribution in [3.05, 3.63) is 71.8 Å². The summed E-state index contributed by atoms with van der Waals surface area (Å²) < 4.78 is 18.0. The molecule has 0 amide bonds. The SMILES string of the molecule is CCOC(=O)C1=c2oc(=O)/c(=C\c3cccs3)n2-c2oc(N)nc2[C@@H]1c1cccs1. The third-order valence-electron chi connectivity index (χ3n) is 4.63. The molecule has 0 radical (unpaired) electrons. The minimum atomic E-state index is -0.625. The van der Waals surface area contributed by atoms with Crippen molar-refractivity contribution in [2.75, 3.05) is 12.3 Å². The molecule has 0 spiro atoms. The fourth-order valence-electron chi connectivity index (χ4n) is 3.49. The number of nitrogens with two attached hydrogens (primary N) is 1. The van der Waals surface area contributed by atoms with Gasteiger partial charge in [-0.25, -0.2) is 14.2 Å². The van der Waals surface area contributed by atoms with E-state index in [0.29, 0.717) is 5.69 Å². The first-order valence-electron chi connectivity index (χ1n) is 9.07. The van der Waals surface area contributed by atoms with Crippen molar-refractivity contribution < 1.29 is 18.4 Å². The highest BCUT2D eigenvalue weighted by Crippen LogP contribution is 2.40. The second-order valence-corrected chi connectivity index (χ2v) is 8.36. The second-order valence-electron chi connectivity index (χ2n) is 6.40. The Kier molecular flexibility index (Phi) is 4.44. The highest BCUT2D eigenvalue weighted by molar-refractivity contribution is 7.10. The maximum absolute atomic E-state index is 13.0. The number of nitrogen functional groups attached to an aromatic ring is 1. The van der Waals surface area contributed by atoms with Crippen molar-refractivity contribution in [1.82, 2.24) is 9.55 Å². The summed E-state index contributed by atoms with van der Waals surface area (Å²) in [5.41, 5.74) is 5.94. The van der Waals surface area contributed by atoms with Crippen LogP contribution in [0.15, 0.2) is 48.7 Å². The highest BCUT2D eigenvalue weighted by atomic mass is 32.1. The summed E-state index contributed by atoms with van der Waals surface area (Å²) >= 11 is 2.91. The van der Waals surface area contributed by atoms with Gasteiger partial charge in [0, 0.05) is 9.75 Å². The number of hydrogen-bond acceptors (Lipinski definition) is 9. The maximum Gasteiger partial charge on any atom is 0.362 e. The molecular weight excluding hydrogens is 426 g/mol. The summed E-state index contributed by atoms with van der Waals surface area (Å²) in [4.78, 5) is 31.8. The van der Waals surface area contributed by atoms with Crippen LogP contribution in [0.5, 0.6) is 0 Å². The number of anilines is 1. The molecule has 0 aliphatic carbocycles. The van der Waals surface area contributed by atoms with E-state index in [4.69, 9.17) is 19.3 Å². The van der Waals surface area contributed by atoms with Crippen LogP contribution in [-0.2, 0) is 9.53 Å². The summed E-state index contributed by atoms with van der Waals surface area (Å²) in [5.74, 6) is -0.962. The molecule has 8 nitrogen and oxygen atoms in total. The Labute approximate surface area is 177 Å². The quantitative estimate of drug-likeness (QED) is 0.481. The monoisotopic (exact) mass is 441 g/mol. The van der Waals surface area contributed by atoms with E-state index in [-0.39, 0.29) is 35.0 Å². The Balaban J connectivity index is 1.93. The Morgan fingerprint density at radius 3 is 2.80 bits per heavy atom. The number of nitrogens with zero attached hydrogens (tertiary/aromatic N) is 2. The Morgan fingerprint density at radius 2 is 2.10 bits per heavy atom. The highest BCUT2D eigenvalue weighted by Gasteiger charge is 2.40. The van der Waals surface area contributed by atoms with Gasteiger partial charge in [0.1, 0.15) is 16.6 Å². The van der Waals surface area contributed by atoms with Gasteiger partial charge in [0.15, 0.2) is 0 Å². The van der Waals surface area contributed by atoms with Gasteiger partial charge in [0.05, 0.1) is 12.5 Å². The number of thiophene rings is 2. The van der Waals surface area contributed by atoms with Crippen LogP contribution in [0.3, 0.4) is 0 Å². The number of fused-ring (bicyclic) bond motifs is 3. The number of aromatic nitrogens is 2. The lowest BCUT2D eigenvalue weighted by Crippen LogP contribution is -2.37. The van der Waals surface area contributed by atoms with Crippen LogP contribution in [0, 0.1) is 0 Å². The van der Waals surface area contributed by atoms with Gasteiger partial charge in [-0.1, -0.05) is 12.1 Å². The number of rotatable bonds is 4. The van der Waals surface area contributed by atoms with E-state index in [1.807, 2.05) is 35.0 Å². The molecule has 2 N–H and O–H groups in total. The van der Waals surface area contributed by atoms with Crippen molar-refractivity contribution in [3.8, 4) is 5.88 Å². The summed E-state index contributed by atoms with van der Waals surface area (Å²) in [6.07, 6.45) is 1.68. The normalized spacial score (nSPS) is 15.8.